The summed E-state index contributed by atoms with van der Waals surface area (Å²) < 4.78 is 2.35. The molecular weight excluding hydrogens is 448 g/mol. The summed E-state index contributed by atoms with van der Waals surface area (Å²) in [6, 6.07) is 23.8. The molecule has 2 atom stereocenters. The van der Waals surface area contributed by atoms with Gasteiger partial charge in [0.2, 0.25) is 0 Å². The first-order chi connectivity index (χ1) is 16.9. The SMILES string of the molecule is CCc1ccc(-n2c(C)cc(C3C(c4ccccn4)NC(=S)N3c3ccc(C)c(C)c3)c2C)cc1. The molecule has 3 heterocycles. The van der Waals surface area contributed by atoms with Gasteiger partial charge in [0.25, 0.3) is 0 Å². The molecule has 2 aromatic carbocycles. The molecule has 5 rings (SSSR count). The molecule has 0 saturated carbocycles. The van der Waals surface area contributed by atoms with E-state index in [-0.39, 0.29) is 12.1 Å². The predicted molar refractivity (Wildman–Crippen MR) is 148 cm³/mol. The van der Waals surface area contributed by atoms with Crippen molar-refractivity contribution >= 4 is 23.0 Å². The van der Waals surface area contributed by atoms with Crippen LogP contribution < -0.4 is 10.2 Å². The molecule has 0 aliphatic carbocycles. The van der Waals surface area contributed by atoms with E-state index in [0.29, 0.717) is 0 Å². The Morgan fingerprint density at radius 2 is 1.63 bits per heavy atom. The van der Waals surface area contributed by atoms with Crippen molar-refractivity contribution in [3.8, 4) is 5.69 Å². The summed E-state index contributed by atoms with van der Waals surface area (Å²) in [6.45, 7) is 10.9. The van der Waals surface area contributed by atoms with Crippen LogP contribution in [0.4, 0.5) is 5.69 Å². The highest BCUT2D eigenvalue weighted by molar-refractivity contribution is 7.80. The average molecular weight is 481 g/mol. The maximum Gasteiger partial charge on any atom is 0.174 e. The third-order valence-electron chi connectivity index (χ3n) is 7.26. The van der Waals surface area contributed by atoms with Gasteiger partial charge >= 0.3 is 0 Å². The molecule has 4 aromatic rings. The van der Waals surface area contributed by atoms with Crippen LogP contribution in [0.15, 0.2) is 72.9 Å². The first-order valence-corrected chi connectivity index (χ1v) is 12.7. The van der Waals surface area contributed by atoms with Gasteiger partial charge in [-0.05, 0) is 111 Å². The number of hydrogen-bond donors (Lipinski definition) is 1. The summed E-state index contributed by atoms with van der Waals surface area (Å²) in [4.78, 5) is 6.98. The second kappa shape index (κ2) is 9.31. The van der Waals surface area contributed by atoms with Crippen LogP contribution in [0.25, 0.3) is 5.69 Å². The highest BCUT2D eigenvalue weighted by Gasteiger charge is 2.42. The summed E-state index contributed by atoms with van der Waals surface area (Å²) in [5, 5.41) is 4.33. The summed E-state index contributed by atoms with van der Waals surface area (Å²) in [5.74, 6) is 0. The molecule has 1 aliphatic heterocycles. The zero-order valence-corrected chi connectivity index (χ0v) is 21.9. The minimum atomic E-state index is -0.0540. The fraction of sp³-hybridized carbons (Fsp3) is 0.267. The number of nitrogens with one attached hydrogen (secondary N) is 1. The molecule has 0 radical (unpaired) electrons. The van der Waals surface area contributed by atoms with E-state index in [1.165, 1.54) is 39.3 Å². The Hall–Kier alpha value is -3.44. The topological polar surface area (TPSA) is 33.1 Å². The lowest BCUT2D eigenvalue weighted by atomic mass is 9.96. The molecule has 1 N–H and O–H groups in total. The highest BCUT2D eigenvalue weighted by atomic mass is 32.1. The molecule has 0 spiro atoms. The van der Waals surface area contributed by atoms with Crippen molar-refractivity contribution in [2.75, 3.05) is 4.90 Å². The van der Waals surface area contributed by atoms with Crippen molar-refractivity contribution in [3.63, 3.8) is 0 Å². The predicted octanol–water partition coefficient (Wildman–Crippen LogP) is 6.85. The summed E-state index contributed by atoms with van der Waals surface area (Å²) >= 11 is 5.94. The van der Waals surface area contributed by atoms with Gasteiger partial charge in [0.15, 0.2) is 5.11 Å². The van der Waals surface area contributed by atoms with E-state index >= 15 is 0 Å². The first-order valence-electron chi connectivity index (χ1n) is 12.2. The number of benzene rings is 2. The smallest absolute Gasteiger partial charge is 0.174 e. The van der Waals surface area contributed by atoms with Crippen LogP contribution in [-0.2, 0) is 6.42 Å². The number of rotatable bonds is 5. The Morgan fingerprint density at radius 3 is 2.29 bits per heavy atom. The standard InChI is InChI=1S/C30H32N4S/c1-6-23-11-14-24(15-12-23)33-21(4)18-26(22(33)5)29-28(27-9-7-8-16-31-27)32-30(35)34(29)25-13-10-19(2)20(3)17-25/h7-18,28-29H,6H2,1-5H3,(H,32,35). The van der Waals surface area contributed by atoms with E-state index in [1.54, 1.807) is 0 Å². The quantitative estimate of drug-likeness (QED) is 0.317. The molecule has 1 aliphatic rings. The molecule has 2 aromatic heterocycles. The van der Waals surface area contributed by atoms with Crippen LogP contribution in [0, 0.1) is 27.7 Å². The van der Waals surface area contributed by atoms with Crippen molar-refractivity contribution in [3.05, 3.63) is 112 Å². The molecule has 5 heteroatoms. The van der Waals surface area contributed by atoms with E-state index < -0.39 is 0 Å². The van der Waals surface area contributed by atoms with E-state index in [9.17, 15) is 0 Å². The Kier molecular flexibility index (Phi) is 6.20. The number of pyridine rings is 1. The minimum absolute atomic E-state index is 0.0191. The van der Waals surface area contributed by atoms with Crippen LogP contribution in [0.1, 0.15) is 58.3 Å². The van der Waals surface area contributed by atoms with Crippen LogP contribution in [-0.4, -0.2) is 14.7 Å². The minimum Gasteiger partial charge on any atom is -0.351 e. The third-order valence-corrected chi connectivity index (χ3v) is 7.57. The molecule has 4 nitrogen and oxygen atoms in total. The van der Waals surface area contributed by atoms with Crippen molar-refractivity contribution < 1.29 is 0 Å². The van der Waals surface area contributed by atoms with E-state index in [4.69, 9.17) is 17.2 Å². The second-order valence-electron chi connectivity index (χ2n) is 9.45. The lowest BCUT2D eigenvalue weighted by Gasteiger charge is -2.28. The second-order valence-corrected chi connectivity index (χ2v) is 9.83. The average Bonchev–Trinajstić information content (AvgIpc) is 3.36. The maximum atomic E-state index is 5.94. The summed E-state index contributed by atoms with van der Waals surface area (Å²) in [5.41, 5.74) is 10.8. The molecular formula is C30H32N4S. The number of hydrogen-bond acceptors (Lipinski definition) is 2. The van der Waals surface area contributed by atoms with Gasteiger partial charge in [-0.3, -0.25) is 4.98 Å². The van der Waals surface area contributed by atoms with E-state index in [2.05, 4.69) is 104 Å². The number of nitrogens with zero attached hydrogens (tertiary/aromatic N) is 3. The van der Waals surface area contributed by atoms with Gasteiger partial charge in [0.05, 0.1) is 17.8 Å². The fourth-order valence-corrected chi connectivity index (χ4v) is 5.54. The van der Waals surface area contributed by atoms with Crippen LogP contribution >= 0.6 is 12.2 Å². The molecule has 1 fully saturated rings. The Bertz CT molecular complexity index is 1370. The van der Waals surface area contributed by atoms with Gasteiger partial charge in [-0.1, -0.05) is 31.2 Å². The molecule has 0 bridgehead atoms. The third kappa shape index (κ3) is 4.14. The molecule has 1 saturated heterocycles. The number of aromatic nitrogens is 2. The fourth-order valence-electron chi connectivity index (χ4n) is 5.19. The number of thiocarbonyl (C=S) groups is 1. The van der Waals surface area contributed by atoms with Gasteiger partial charge in [-0.15, -0.1) is 0 Å². The number of aryl methyl sites for hydroxylation is 4. The van der Waals surface area contributed by atoms with Crippen molar-refractivity contribution in [1.82, 2.24) is 14.9 Å². The van der Waals surface area contributed by atoms with Gasteiger partial charge in [-0.2, -0.15) is 0 Å². The van der Waals surface area contributed by atoms with E-state index in [1.807, 2.05) is 18.3 Å². The zero-order valence-electron chi connectivity index (χ0n) is 21.0. The first kappa shape index (κ1) is 23.3. The van der Waals surface area contributed by atoms with Crippen LogP contribution in [0.2, 0.25) is 0 Å². The normalized spacial score (nSPS) is 17.6. The highest BCUT2D eigenvalue weighted by Crippen LogP contribution is 2.44. The van der Waals surface area contributed by atoms with Gasteiger partial charge in [0, 0.05) is 29.0 Å². The summed E-state index contributed by atoms with van der Waals surface area (Å²) in [6.07, 6.45) is 2.89. The Labute approximate surface area is 213 Å². The van der Waals surface area contributed by atoms with E-state index in [0.717, 1.165) is 22.9 Å². The zero-order chi connectivity index (χ0) is 24.7. The van der Waals surface area contributed by atoms with Crippen molar-refractivity contribution in [2.24, 2.45) is 0 Å². The molecule has 0 amide bonds. The Morgan fingerprint density at radius 1 is 0.886 bits per heavy atom. The molecule has 178 valence electrons. The van der Waals surface area contributed by atoms with Crippen molar-refractivity contribution in [1.29, 1.82) is 0 Å². The number of anilines is 1. The van der Waals surface area contributed by atoms with Crippen LogP contribution in [0.3, 0.4) is 0 Å². The Balaban J connectivity index is 1.66. The molecule has 2 unspecified atom stereocenters. The van der Waals surface area contributed by atoms with Gasteiger partial charge in [0.1, 0.15) is 0 Å². The monoisotopic (exact) mass is 480 g/mol. The molecule has 35 heavy (non-hydrogen) atoms. The van der Waals surface area contributed by atoms with Gasteiger partial charge < -0.3 is 14.8 Å². The van der Waals surface area contributed by atoms with Gasteiger partial charge in [-0.25, -0.2) is 0 Å². The maximum absolute atomic E-state index is 5.94. The lowest BCUT2D eigenvalue weighted by Crippen LogP contribution is -2.29. The summed E-state index contributed by atoms with van der Waals surface area (Å²) in [7, 11) is 0. The lowest BCUT2D eigenvalue weighted by molar-refractivity contribution is 0.565. The van der Waals surface area contributed by atoms with Crippen molar-refractivity contribution in [2.45, 2.75) is 53.1 Å². The largest absolute Gasteiger partial charge is 0.351 e. The van der Waals surface area contributed by atoms with Crippen LogP contribution in [0.5, 0.6) is 0 Å².